The molecule has 24 heavy (non-hydrogen) atoms. The van der Waals surface area contributed by atoms with Crippen LogP contribution < -0.4 is 15.4 Å². The number of methoxy groups -OCH3 is 1. The van der Waals surface area contributed by atoms with Crippen molar-refractivity contribution < 1.29 is 9.53 Å². The summed E-state index contributed by atoms with van der Waals surface area (Å²) >= 11 is 5.97. The Morgan fingerprint density at radius 3 is 2.75 bits per heavy atom. The number of benzene rings is 1. The van der Waals surface area contributed by atoms with Crippen LogP contribution in [0.2, 0.25) is 5.02 Å². The monoisotopic (exact) mass is 352 g/mol. The molecule has 1 aromatic rings. The van der Waals surface area contributed by atoms with Gasteiger partial charge < -0.3 is 20.3 Å². The Bertz CT molecular complexity index is 586. The van der Waals surface area contributed by atoms with Gasteiger partial charge in [0.2, 0.25) is 5.91 Å². The Hall–Kier alpha value is -1.95. The smallest absolute Gasteiger partial charge is 0.241 e. The summed E-state index contributed by atoms with van der Waals surface area (Å²) in [5.74, 6) is 1.43. The van der Waals surface area contributed by atoms with Crippen LogP contribution in [0, 0.1) is 0 Å². The first-order valence-corrected chi connectivity index (χ1v) is 8.64. The maximum absolute atomic E-state index is 12.1. The third-order valence-corrected chi connectivity index (χ3v) is 4.10. The van der Waals surface area contributed by atoms with Crippen molar-refractivity contribution in [2.75, 3.05) is 33.3 Å². The molecule has 1 aliphatic heterocycles. The predicted molar refractivity (Wildman–Crippen MR) is 96.6 cm³/mol. The first-order chi connectivity index (χ1) is 11.6. The highest BCUT2D eigenvalue weighted by atomic mass is 35.5. The molecule has 1 heterocycles. The molecule has 1 aromatic carbocycles. The highest BCUT2D eigenvalue weighted by molar-refractivity contribution is 6.30. The van der Waals surface area contributed by atoms with Crippen molar-refractivity contribution in [1.29, 1.82) is 0 Å². The number of aliphatic imine (C=N–C) groups is 1. The number of hydrogen-bond acceptors (Lipinski definition) is 3. The van der Waals surface area contributed by atoms with E-state index in [1.165, 1.54) is 0 Å². The molecule has 0 saturated carbocycles. The molecule has 0 bridgehead atoms. The molecule has 1 saturated heterocycles. The molecule has 1 fully saturated rings. The van der Waals surface area contributed by atoms with E-state index in [4.69, 9.17) is 16.3 Å². The molecule has 7 heteroatoms. The van der Waals surface area contributed by atoms with Gasteiger partial charge in [-0.05, 0) is 31.9 Å². The van der Waals surface area contributed by atoms with Crippen LogP contribution in [-0.2, 0) is 11.3 Å². The van der Waals surface area contributed by atoms with Crippen LogP contribution in [0.3, 0.4) is 0 Å². The van der Waals surface area contributed by atoms with Gasteiger partial charge in [0.05, 0.1) is 20.2 Å². The summed E-state index contributed by atoms with van der Waals surface area (Å²) in [4.78, 5) is 18.5. The number of halogens is 1. The van der Waals surface area contributed by atoms with E-state index in [0.29, 0.717) is 23.3 Å². The Kier molecular flexibility index (Phi) is 7.18. The first kappa shape index (κ1) is 18.4. The molecular formula is C17H25ClN4O2. The largest absolute Gasteiger partial charge is 0.496 e. The van der Waals surface area contributed by atoms with E-state index in [0.717, 1.165) is 38.0 Å². The van der Waals surface area contributed by atoms with Crippen molar-refractivity contribution in [1.82, 2.24) is 15.5 Å². The number of carbonyl (C=O) groups is 1. The zero-order valence-electron chi connectivity index (χ0n) is 14.3. The number of carbonyl (C=O) groups excluding carboxylic acids is 1. The summed E-state index contributed by atoms with van der Waals surface area (Å²) < 4.78 is 5.33. The van der Waals surface area contributed by atoms with Crippen molar-refractivity contribution in [2.24, 2.45) is 4.99 Å². The van der Waals surface area contributed by atoms with E-state index in [-0.39, 0.29) is 12.5 Å². The lowest BCUT2D eigenvalue weighted by Gasteiger charge is -2.17. The Morgan fingerprint density at radius 2 is 2.08 bits per heavy atom. The summed E-state index contributed by atoms with van der Waals surface area (Å²) in [7, 11) is 1.61. The van der Waals surface area contributed by atoms with Crippen molar-refractivity contribution in [3.63, 3.8) is 0 Å². The van der Waals surface area contributed by atoms with E-state index < -0.39 is 0 Å². The second-order valence-electron chi connectivity index (χ2n) is 5.59. The molecule has 2 N–H and O–H groups in total. The fourth-order valence-corrected chi connectivity index (χ4v) is 2.75. The van der Waals surface area contributed by atoms with Gasteiger partial charge in [0.25, 0.3) is 0 Å². The molecule has 132 valence electrons. The summed E-state index contributed by atoms with van der Waals surface area (Å²) in [6.07, 6.45) is 2.19. The van der Waals surface area contributed by atoms with Crippen LogP contribution in [0.5, 0.6) is 5.75 Å². The number of ether oxygens (including phenoxy) is 1. The normalized spacial score (nSPS) is 14.6. The number of hydrogen-bond donors (Lipinski definition) is 2. The Balaban J connectivity index is 1.96. The second kappa shape index (κ2) is 9.37. The summed E-state index contributed by atoms with van der Waals surface area (Å²) in [5, 5.41) is 6.87. The van der Waals surface area contributed by atoms with Crippen molar-refractivity contribution in [2.45, 2.75) is 26.3 Å². The number of likely N-dealkylation sites (tertiary alicyclic amines) is 1. The molecule has 1 aliphatic rings. The van der Waals surface area contributed by atoms with Crippen LogP contribution in [0.1, 0.15) is 25.3 Å². The third kappa shape index (κ3) is 5.30. The van der Waals surface area contributed by atoms with Crippen molar-refractivity contribution in [3.8, 4) is 5.75 Å². The standard InChI is InChI=1S/C17H25ClN4O2/c1-3-19-17(21-12-16(23)22-8-4-5-9-22)20-11-13-6-7-14(18)10-15(13)24-2/h6-7,10H,3-5,8-9,11-12H2,1-2H3,(H2,19,20,21). The van der Waals surface area contributed by atoms with Gasteiger partial charge in [0, 0.05) is 30.2 Å². The van der Waals surface area contributed by atoms with E-state index in [2.05, 4.69) is 15.6 Å². The summed E-state index contributed by atoms with van der Waals surface area (Å²) in [6.45, 7) is 5.12. The zero-order chi connectivity index (χ0) is 17.4. The van der Waals surface area contributed by atoms with Crippen LogP contribution in [0.25, 0.3) is 0 Å². The highest BCUT2D eigenvalue weighted by Gasteiger charge is 2.17. The minimum Gasteiger partial charge on any atom is -0.496 e. The van der Waals surface area contributed by atoms with Gasteiger partial charge in [-0.1, -0.05) is 17.7 Å². The van der Waals surface area contributed by atoms with E-state index >= 15 is 0 Å². The van der Waals surface area contributed by atoms with Crippen LogP contribution in [0.15, 0.2) is 23.2 Å². The number of guanidine groups is 1. The van der Waals surface area contributed by atoms with Gasteiger partial charge in [-0.25, -0.2) is 4.99 Å². The molecular weight excluding hydrogens is 328 g/mol. The lowest BCUT2D eigenvalue weighted by atomic mass is 10.2. The minimum absolute atomic E-state index is 0.113. The summed E-state index contributed by atoms with van der Waals surface area (Å²) in [5.41, 5.74) is 0.935. The molecule has 0 aromatic heterocycles. The van der Waals surface area contributed by atoms with E-state index in [1.54, 1.807) is 13.2 Å². The fourth-order valence-electron chi connectivity index (χ4n) is 2.59. The number of amides is 1. The van der Waals surface area contributed by atoms with Gasteiger partial charge >= 0.3 is 0 Å². The number of nitrogens with one attached hydrogen (secondary N) is 2. The fraction of sp³-hybridized carbons (Fsp3) is 0.529. The molecule has 1 amide bonds. The average Bonchev–Trinajstić information content (AvgIpc) is 3.12. The molecule has 0 spiro atoms. The Morgan fingerprint density at radius 1 is 1.33 bits per heavy atom. The topological polar surface area (TPSA) is 66.0 Å². The predicted octanol–water partition coefficient (Wildman–Crippen LogP) is 2.03. The Labute approximate surface area is 148 Å². The molecule has 6 nitrogen and oxygen atoms in total. The van der Waals surface area contributed by atoms with Crippen LogP contribution >= 0.6 is 11.6 Å². The maximum Gasteiger partial charge on any atom is 0.241 e. The number of nitrogens with zero attached hydrogens (tertiary/aromatic N) is 2. The SMILES string of the molecule is CCNC(=NCc1ccc(Cl)cc1OC)NCC(=O)N1CCCC1. The van der Waals surface area contributed by atoms with Crippen molar-refractivity contribution in [3.05, 3.63) is 28.8 Å². The quantitative estimate of drug-likeness (QED) is 0.607. The van der Waals surface area contributed by atoms with Gasteiger partial charge in [0.1, 0.15) is 5.75 Å². The molecule has 0 radical (unpaired) electrons. The number of rotatable bonds is 6. The molecule has 0 unspecified atom stereocenters. The van der Waals surface area contributed by atoms with Gasteiger partial charge in [-0.2, -0.15) is 0 Å². The molecule has 2 rings (SSSR count). The van der Waals surface area contributed by atoms with Gasteiger partial charge in [-0.15, -0.1) is 0 Å². The van der Waals surface area contributed by atoms with Gasteiger partial charge in [-0.3, -0.25) is 4.79 Å². The van der Waals surface area contributed by atoms with E-state index in [1.807, 2.05) is 24.0 Å². The first-order valence-electron chi connectivity index (χ1n) is 8.26. The van der Waals surface area contributed by atoms with Crippen LogP contribution in [-0.4, -0.2) is 50.1 Å². The lowest BCUT2D eigenvalue weighted by Crippen LogP contribution is -2.44. The molecule has 0 aliphatic carbocycles. The van der Waals surface area contributed by atoms with Crippen LogP contribution in [0.4, 0.5) is 0 Å². The lowest BCUT2D eigenvalue weighted by molar-refractivity contribution is -0.128. The highest BCUT2D eigenvalue weighted by Crippen LogP contribution is 2.23. The zero-order valence-corrected chi connectivity index (χ0v) is 15.0. The summed E-state index contributed by atoms with van der Waals surface area (Å²) in [6, 6.07) is 5.47. The minimum atomic E-state index is 0.113. The average molecular weight is 353 g/mol. The van der Waals surface area contributed by atoms with E-state index in [9.17, 15) is 4.79 Å². The second-order valence-corrected chi connectivity index (χ2v) is 6.03. The van der Waals surface area contributed by atoms with Crippen molar-refractivity contribution >= 4 is 23.5 Å². The third-order valence-electron chi connectivity index (χ3n) is 3.87. The molecule has 0 atom stereocenters. The van der Waals surface area contributed by atoms with Gasteiger partial charge in [0.15, 0.2) is 5.96 Å². The maximum atomic E-state index is 12.1.